The van der Waals surface area contributed by atoms with Crippen molar-refractivity contribution in [2.24, 2.45) is 0 Å². The van der Waals surface area contributed by atoms with Crippen LogP contribution in [0.15, 0.2) is 60.7 Å². The van der Waals surface area contributed by atoms with Crippen LogP contribution in [0.25, 0.3) is 43.4 Å². The fourth-order valence-electron chi connectivity index (χ4n) is 5.37. The molecule has 3 heterocycles. The number of aromatic nitrogens is 1. The Labute approximate surface area is 139 Å². The van der Waals surface area contributed by atoms with Gasteiger partial charge in [-0.15, -0.1) is 0 Å². The van der Waals surface area contributed by atoms with Crippen LogP contribution in [0.2, 0.25) is 0 Å². The topological polar surface area (TPSA) is 4.93 Å². The molecule has 0 spiro atoms. The third-order valence-electron chi connectivity index (χ3n) is 6.25. The Morgan fingerprint density at radius 1 is 0.625 bits per heavy atom. The summed E-state index contributed by atoms with van der Waals surface area (Å²) in [6, 6.07) is 23.5. The quantitative estimate of drug-likeness (QED) is 0.343. The Bertz CT molecular complexity index is 1250. The number of hydrogen-bond acceptors (Lipinski definition) is 0. The zero-order chi connectivity index (χ0) is 15.4. The summed E-state index contributed by atoms with van der Waals surface area (Å²) in [5, 5.41) is 8.44. The van der Waals surface area contributed by atoms with Crippen molar-refractivity contribution in [1.82, 2.24) is 4.57 Å². The van der Waals surface area contributed by atoms with Gasteiger partial charge in [-0.1, -0.05) is 60.7 Å². The summed E-state index contributed by atoms with van der Waals surface area (Å²) >= 11 is 0. The van der Waals surface area contributed by atoms with E-state index in [1.807, 2.05) is 0 Å². The van der Waals surface area contributed by atoms with Crippen molar-refractivity contribution in [2.75, 3.05) is 0 Å². The number of benzene rings is 4. The lowest BCUT2D eigenvalue weighted by Gasteiger charge is -2.07. The van der Waals surface area contributed by atoms with E-state index < -0.39 is 0 Å². The van der Waals surface area contributed by atoms with Gasteiger partial charge >= 0.3 is 0 Å². The Kier molecular flexibility index (Phi) is 1.78. The van der Waals surface area contributed by atoms with Gasteiger partial charge in [0.15, 0.2) is 0 Å². The number of fused-ring (bicyclic) bond motifs is 1. The van der Waals surface area contributed by atoms with Gasteiger partial charge in [0.05, 0.1) is 11.0 Å². The van der Waals surface area contributed by atoms with E-state index in [9.17, 15) is 0 Å². The third kappa shape index (κ3) is 1.12. The molecule has 0 bridgehead atoms. The monoisotopic (exact) mass is 305 g/mol. The Balaban J connectivity index is 2.03. The van der Waals surface area contributed by atoms with Crippen molar-refractivity contribution >= 4 is 43.4 Å². The van der Waals surface area contributed by atoms with Crippen molar-refractivity contribution in [3.8, 4) is 0 Å². The highest BCUT2D eigenvalue weighted by molar-refractivity contribution is 6.25. The Morgan fingerprint density at radius 2 is 1.17 bits per heavy atom. The lowest BCUT2D eigenvalue weighted by atomic mass is 9.98. The summed E-state index contributed by atoms with van der Waals surface area (Å²) in [6.07, 6.45) is 2.36. The molecule has 0 saturated heterocycles. The van der Waals surface area contributed by atoms with Crippen LogP contribution in [-0.2, 0) is 12.8 Å². The number of rotatable bonds is 0. The van der Waals surface area contributed by atoms with Gasteiger partial charge in [0, 0.05) is 16.8 Å². The molecule has 0 amide bonds. The molecule has 2 aliphatic heterocycles. The van der Waals surface area contributed by atoms with E-state index in [0.29, 0.717) is 6.04 Å². The summed E-state index contributed by atoms with van der Waals surface area (Å²) < 4.78 is 2.68. The second kappa shape index (κ2) is 3.64. The molecule has 5 aromatic rings. The maximum atomic E-state index is 2.68. The van der Waals surface area contributed by atoms with Gasteiger partial charge in [0.1, 0.15) is 0 Å². The second-order valence-corrected chi connectivity index (χ2v) is 7.39. The molecular weight excluding hydrogens is 290 g/mol. The summed E-state index contributed by atoms with van der Waals surface area (Å²) in [4.78, 5) is 0. The van der Waals surface area contributed by atoms with Crippen molar-refractivity contribution < 1.29 is 0 Å². The van der Waals surface area contributed by atoms with Crippen molar-refractivity contribution in [3.05, 3.63) is 71.8 Å². The lowest BCUT2D eigenvalue weighted by molar-refractivity contribution is 0.583. The summed E-state index contributed by atoms with van der Waals surface area (Å²) in [5.74, 6) is 0. The highest BCUT2D eigenvalue weighted by atomic mass is 15.1. The summed E-state index contributed by atoms with van der Waals surface area (Å²) in [6.45, 7) is 0. The maximum Gasteiger partial charge on any atom is 0.0533 e. The minimum absolute atomic E-state index is 0.602. The third-order valence-corrected chi connectivity index (χ3v) is 6.25. The van der Waals surface area contributed by atoms with Crippen molar-refractivity contribution in [2.45, 2.75) is 18.9 Å². The van der Waals surface area contributed by atoms with Crippen LogP contribution in [0.5, 0.6) is 0 Å². The lowest BCUT2D eigenvalue weighted by Crippen LogP contribution is -2.00. The molecule has 1 nitrogen and oxygen atoms in total. The summed E-state index contributed by atoms with van der Waals surface area (Å²) in [5.41, 5.74) is 6.01. The van der Waals surface area contributed by atoms with Crippen LogP contribution in [0.3, 0.4) is 0 Å². The molecule has 0 fully saturated rings. The van der Waals surface area contributed by atoms with Gasteiger partial charge in [-0.2, -0.15) is 0 Å². The minimum atomic E-state index is 0.602. The van der Waals surface area contributed by atoms with Gasteiger partial charge in [-0.05, 0) is 45.5 Å². The first-order valence-corrected chi connectivity index (χ1v) is 8.79. The molecule has 0 radical (unpaired) electrons. The van der Waals surface area contributed by atoms with Gasteiger partial charge in [0.25, 0.3) is 0 Å². The van der Waals surface area contributed by atoms with Crippen molar-refractivity contribution in [3.63, 3.8) is 0 Å². The second-order valence-electron chi connectivity index (χ2n) is 7.39. The molecular formula is C23H15N. The molecule has 1 heteroatoms. The molecule has 0 unspecified atom stereocenters. The molecule has 0 saturated carbocycles. The van der Waals surface area contributed by atoms with Crippen LogP contribution in [-0.4, -0.2) is 4.57 Å². The van der Waals surface area contributed by atoms with E-state index in [2.05, 4.69) is 65.2 Å². The smallest absolute Gasteiger partial charge is 0.0533 e. The average Bonchev–Trinajstić information content (AvgIpc) is 3.11. The molecule has 4 aromatic carbocycles. The predicted octanol–water partition coefficient (Wildman–Crippen LogP) is 5.75. The summed E-state index contributed by atoms with van der Waals surface area (Å²) in [7, 11) is 0. The highest BCUT2D eigenvalue weighted by Gasteiger charge is 2.32. The molecule has 0 aliphatic carbocycles. The minimum Gasteiger partial charge on any atom is -0.336 e. The van der Waals surface area contributed by atoms with Crippen LogP contribution in [0.1, 0.15) is 17.2 Å². The number of nitrogens with zero attached hydrogens (tertiary/aromatic N) is 1. The molecule has 2 aliphatic rings. The zero-order valence-electron chi connectivity index (χ0n) is 13.2. The van der Waals surface area contributed by atoms with Crippen LogP contribution < -0.4 is 0 Å². The molecule has 7 rings (SSSR count). The van der Waals surface area contributed by atoms with Crippen LogP contribution >= 0.6 is 0 Å². The van der Waals surface area contributed by atoms with E-state index in [1.165, 1.54) is 67.3 Å². The van der Waals surface area contributed by atoms with Gasteiger partial charge < -0.3 is 4.57 Å². The first-order chi connectivity index (χ1) is 11.9. The van der Waals surface area contributed by atoms with Crippen LogP contribution in [0, 0.1) is 0 Å². The average molecular weight is 305 g/mol. The fourth-order valence-corrected chi connectivity index (χ4v) is 5.37. The SMILES string of the molecule is c1cc2ccc3c4c2c(c1)c1cccc2ccc5c(c21)n4C(C3)C5. The molecule has 0 atom stereocenters. The maximum absolute atomic E-state index is 2.68. The normalized spacial score (nSPS) is 15.8. The number of hydrogen-bond donors (Lipinski definition) is 0. The molecule has 24 heavy (non-hydrogen) atoms. The fraction of sp³-hybridized carbons (Fsp3) is 0.130. The van der Waals surface area contributed by atoms with E-state index in [4.69, 9.17) is 0 Å². The van der Waals surface area contributed by atoms with E-state index in [-0.39, 0.29) is 0 Å². The molecule has 112 valence electrons. The van der Waals surface area contributed by atoms with E-state index >= 15 is 0 Å². The van der Waals surface area contributed by atoms with E-state index in [1.54, 1.807) is 0 Å². The van der Waals surface area contributed by atoms with Gasteiger partial charge in [-0.25, -0.2) is 0 Å². The largest absolute Gasteiger partial charge is 0.336 e. The molecule has 0 N–H and O–H groups in total. The highest BCUT2D eigenvalue weighted by Crippen LogP contribution is 2.47. The Morgan fingerprint density at radius 3 is 1.71 bits per heavy atom. The predicted molar refractivity (Wildman–Crippen MR) is 101 cm³/mol. The van der Waals surface area contributed by atoms with Crippen LogP contribution in [0.4, 0.5) is 0 Å². The standard InChI is InChI=1S/C23H15N/c1-3-13-7-9-15-11-17-12-16-10-8-14-4-2-6-19-18(5-1)20(13)22(15)24(17)23(16)21(14)19/h1-10,17H,11-12H2. The zero-order valence-corrected chi connectivity index (χ0v) is 13.2. The Hall–Kier alpha value is -2.80. The van der Waals surface area contributed by atoms with Gasteiger partial charge in [0.2, 0.25) is 0 Å². The first-order valence-electron chi connectivity index (χ1n) is 8.79. The van der Waals surface area contributed by atoms with Gasteiger partial charge in [-0.3, -0.25) is 0 Å². The molecule has 1 aromatic heterocycles. The van der Waals surface area contributed by atoms with Crippen molar-refractivity contribution in [1.29, 1.82) is 0 Å². The first kappa shape index (κ1) is 11.7. The van der Waals surface area contributed by atoms with E-state index in [0.717, 1.165) is 0 Å².